The summed E-state index contributed by atoms with van der Waals surface area (Å²) in [6.45, 7) is 4.04. The number of carbonyl (C=O) groups excluding carboxylic acids is 3. The van der Waals surface area contributed by atoms with E-state index in [4.69, 9.17) is 4.74 Å². The number of carbonyl (C=O) groups is 3. The van der Waals surface area contributed by atoms with Gasteiger partial charge in [0.1, 0.15) is 18.9 Å². The molecule has 37 heavy (non-hydrogen) atoms. The van der Waals surface area contributed by atoms with E-state index in [2.05, 4.69) is 34.9 Å². The molecule has 0 aromatic heterocycles. The zero-order chi connectivity index (χ0) is 26.5. The summed E-state index contributed by atoms with van der Waals surface area (Å²) >= 11 is 1.59. The lowest BCUT2D eigenvalue weighted by Gasteiger charge is -2.23. The maximum Gasteiger partial charge on any atom is 0.408 e. The van der Waals surface area contributed by atoms with Gasteiger partial charge in [0.2, 0.25) is 5.91 Å². The Bertz CT molecular complexity index is 1070. The van der Waals surface area contributed by atoms with E-state index in [1.165, 1.54) is 0 Å². The second kappa shape index (κ2) is 14.9. The summed E-state index contributed by atoms with van der Waals surface area (Å²) in [5.41, 5.74) is 3.09. The largest absolute Gasteiger partial charge is 0.445 e. The van der Waals surface area contributed by atoms with Crippen LogP contribution in [0.15, 0.2) is 91.0 Å². The van der Waals surface area contributed by atoms with Gasteiger partial charge in [-0.05, 0) is 29.0 Å². The highest BCUT2D eigenvalue weighted by molar-refractivity contribution is 7.99. The molecule has 3 rings (SSSR count). The van der Waals surface area contributed by atoms with Crippen molar-refractivity contribution in [3.63, 3.8) is 0 Å². The van der Waals surface area contributed by atoms with E-state index < -0.39 is 24.1 Å². The van der Waals surface area contributed by atoms with Gasteiger partial charge in [-0.2, -0.15) is 0 Å². The maximum atomic E-state index is 13.1. The molecule has 0 fully saturated rings. The molecule has 7 heteroatoms. The molecule has 1 unspecified atom stereocenters. The normalized spacial score (nSPS) is 12.5. The molecule has 0 aliphatic rings. The molecule has 3 aromatic carbocycles. The molecule has 3 aromatic rings. The first-order valence-corrected chi connectivity index (χ1v) is 13.5. The Morgan fingerprint density at radius 3 is 1.89 bits per heavy atom. The Labute approximate surface area is 223 Å². The number of rotatable bonds is 13. The van der Waals surface area contributed by atoms with Crippen molar-refractivity contribution < 1.29 is 19.1 Å². The Morgan fingerprint density at radius 1 is 0.838 bits per heavy atom. The smallest absolute Gasteiger partial charge is 0.408 e. The molecule has 0 radical (unpaired) electrons. The van der Waals surface area contributed by atoms with Gasteiger partial charge in [0.15, 0.2) is 0 Å². The van der Waals surface area contributed by atoms with E-state index in [0.29, 0.717) is 12.2 Å². The third-order valence-electron chi connectivity index (χ3n) is 5.67. The molecule has 194 valence electrons. The quantitative estimate of drug-likeness (QED) is 0.291. The molecule has 0 heterocycles. The van der Waals surface area contributed by atoms with Gasteiger partial charge >= 0.3 is 6.09 Å². The number of hydrogen-bond donors (Lipinski definition) is 2. The average Bonchev–Trinajstić information content (AvgIpc) is 2.92. The standard InChI is InChI=1S/C30H34N2O4S/c1-22(2)18-27(32-30(35)36-20-23-12-6-3-7-13-23)29(34)31-26(19-33)21-37-28(24-14-8-4-9-15-24)25-16-10-5-11-17-25/h3-17,19,22,26-28H,18,20-21H2,1-2H3,(H,31,34)(H,32,35)/t26?,27-/m1/s1. The van der Waals surface area contributed by atoms with E-state index in [9.17, 15) is 14.4 Å². The summed E-state index contributed by atoms with van der Waals surface area (Å²) in [7, 11) is 0. The summed E-state index contributed by atoms with van der Waals surface area (Å²) in [5.74, 6) is 0.130. The lowest BCUT2D eigenvalue weighted by Crippen LogP contribution is -2.51. The second-order valence-electron chi connectivity index (χ2n) is 9.17. The lowest BCUT2D eigenvalue weighted by molar-refractivity contribution is -0.125. The van der Waals surface area contributed by atoms with Gasteiger partial charge < -0.3 is 20.2 Å². The molecular formula is C30H34N2O4S. The third kappa shape index (κ3) is 9.42. The fourth-order valence-corrected chi connectivity index (χ4v) is 5.11. The molecule has 6 nitrogen and oxygen atoms in total. The zero-order valence-corrected chi connectivity index (χ0v) is 22.0. The number of thioether (sulfide) groups is 1. The Balaban J connectivity index is 1.61. The molecule has 0 spiro atoms. The molecular weight excluding hydrogens is 484 g/mol. The van der Waals surface area contributed by atoms with Crippen LogP contribution in [-0.4, -0.2) is 36.1 Å². The van der Waals surface area contributed by atoms with Crippen molar-refractivity contribution in [2.45, 2.75) is 44.2 Å². The van der Waals surface area contributed by atoms with Gasteiger partial charge in [0, 0.05) is 5.75 Å². The van der Waals surface area contributed by atoms with Crippen LogP contribution >= 0.6 is 11.8 Å². The molecule has 0 saturated carbocycles. The molecule has 2 N–H and O–H groups in total. The van der Waals surface area contributed by atoms with E-state index in [1.54, 1.807) is 11.8 Å². The van der Waals surface area contributed by atoms with Crippen molar-refractivity contribution in [3.8, 4) is 0 Å². The zero-order valence-electron chi connectivity index (χ0n) is 21.2. The van der Waals surface area contributed by atoms with Gasteiger partial charge in [0.25, 0.3) is 0 Å². The van der Waals surface area contributed by atoms with Crippen LogP contribution in [0, 0.1) is 5.92 Å². The molecule has 0 aliphatic carbocycles. The summed E-state index contributed by atoms with van der Waals surface area (Å²) in [5, 5.41) is 5.49. The number of nitrogens with one attached hydrogen (secondary N) is 2. The van der Waals surface area contributed by atoms with Crippen LogP contribution < -0.4 is 10.6 Å². The Hall–Kier alpha value is -3.58. The van der Waals surface area contributed by atoms with Crippen LogP contribution in [0.3, 0.4) is 0 Å². The predicted octanol–water partition coefficient (Wildman–Crippen LogP) is 5.53. The van der Waals surface area contributed by atoms with Crippen LogP contribution in [-0.2, 0) is 20.9 Å². The summed E-state index contributed by atoms with van der Waals surface area (Å²) in [4.78, 5) is 37.4. The van der Waals surface area contributed by atoms with E-state index in [-0.39, 0.29) is 17.8 Å². The van der Waals surface area contributed by atoms with Gasteiger partial charge in [-0.15, -0.1) is 11.8 Å². The third-order valence-corrected chi connectivity index (χ3v) is 7.10. The topological polar surface area (TPSA) is 84.5 Å². The summed E-state index contributed by atoms with van der Waals surface area (Å²) < 4.78 is 5.29. The fraction of sp³-hybridized carbons (Fsp3) is 0.300. The summed E-state index contributed by atoms with van der Waals surface area (Å²) in [6.07, 6.45) is 0.495. The SMILES string of the molecule is CC(C)C[C@@H](NC(=O)OCc1ccccc1)C(=O)NC(C=O)CSC(c1ccccc1)c1ccccc1. The lowest BCUT2D eigenvalue weighted by atomic mass is 10.0. The van der Waals surface area contributed by atoms with Crippen LogP contribution in [0.2, 0.25) is 0 Å². The Morgan fingerprint density at radius 2 is 1.38 bits per heavy atom. The van der Waals surface area contributed by atoms with E-state index in [0.717, 1.165) is 23.0 Å². The number of alkyl carbamates (subject to hydrolysis) is 1. The molecule has 0 bridgehead atoms. The van der Waals surface area contributed by atoms with Crippen molar-refractivity contribution in [3.05, 3.63) is 108 Å². The van der Waals surface area contributed by atoms with Crippen molar-refractivity contribution in [1.29, 1.82) is 0 Å². The van der Waals surface area contributed by atoms with Crippen molar-refractivity contribution in [2.75, 3.05) is 5.75 Å². The van der Waals surface area contributed by atoms with Crippen LogP contribution in [0.25, 0.3) is 0 Å². The number of amides is 2. The highest BCUT2D eigenvalue weighted by Gasteiger charge is 2.26. The van der Waals surface area contributed by atoms with Crippen molar-refractivity contribution >= 4 is 30.0 Å². The van der Waals surface area contributed by atoms with Crippen LogP contribution in [0.1, 0.15) is 42.2 Å². The number of hydrogen-bond acceptors (Lipinski definition) is 5. The second-order valence-corrected chi connectivity index (χ2v) is 10.3. The van der Waals surface area contributed by atoms with Crippen LogP contribution in [0.4, 0.5) is 4.79 Å². The molecule has 0 aliphatic heterocycles. The highest BCUT2D eigenvalue weighted by atomic mass is 32.2. The van der Waals surface area contributed by atoms with E-state index in [1.807, 2.05) is 80.6 Å². The van der Waals surface area contributed by atoms with Gasteiger partial charge in [-0.3, -0.25) is 4.79 Å². The van der Waals surface area contributed by atoms with Crippen LogP contribution in [0.5, 0.6) is 0 Å². The molecule has 2 atom stereocenters. The van der Waals surface area contributed by atoms with Gasteiger partial charge in [-0.1, -0.05) is 105 Å². The first-order chi connectivity index (χ1) is 18.0. The molecule has 0 saturated heterocycles. The number of benzene rings is 3. The first kappa shape index (κ1) is 28.0. The monoisotopic (exact) mass is 518 g/mol. The minimum absolute atomic E-state index is 0.0132. The van der Waals surface area contributed by atoms with Gasteiger partial charge in [0.05, 0.1) is 11.3 Å². The first-order valence-electron chi connectivity index (χ1n) is 12.4. The number of aldehydes is 1. The van der Waals surface area contributed by atoms with Crippen molar-refractivity contribution in [1.82, 2.24) is 10.6 Å². The molecule has 2 amide bonds. The average molecular weight is 519 g/mol. The van der Waals surface area contributed by atoms with Gasteiger partial charge in [-0.25, -0.2) is 4.79 Å². The van der Waals surface area contributed by atoms with E-state index >= 15 is 0 Å². The summed E-state index contributed by atoms with van der Waals surface area (Å²) in [6, 6.07) is 27.9. The minimum atomic E-state index is -0.810. The Kier molecular flexibility index (Phi) is 11.2. The fourth-order valence-electron chi connectivity index (χ4n) is 3.85. The van der Waals surface area contributed by atoms with Crippen molar-refractivity contribution in [2.24, 2.45) is 5.92 Å². The maximum absolute atomic E-state index is 13.1. The number of ether oxygens (including phenoxy) is 1. The highest BCUT2D eigenvalue weighted by Crippen LogP contribution is 2.35. The minimum Gasteiger partial charge on any atom is -0.445 e. The predicted molar refractivity (Wildman–Crippen MR) is 148 cm³/mol.